The number of nitrogens with one attached hydrogen (secondary N) is 2. The highest BCUT2D eigenvalue weighted by Gasteiger charge is 2.22. The number of carbonyl (C=O) groups excluding carboxylic acids is 2. The van der Waals surface area contributed by atoms with Gasteiger partial charge < -0.3 is 16.4 Å². The van der Waals surface area contributed by atoms with Gasteiger partial charge in [-0.1, -0.05) is 23.2 Å². The monoisotopic (exact) mass is 331 g/mol. The van der Waals surface area contributed by atoms with Gasteiger partial charge in [0.1, 0.15) is 6.04 Å². The summed E-state index contributed by atoms with van der Waals surface area (Å²) >= 11 is 11.9. The van der Waals surface area contributed by atoms with Crippen molar-refractivity contribution in [2.45, 2.75) is 39.3 Å². The second-order valence-corrected chi connectivity index (χ2v) is 6.58. The van der Waals surface area contributed by atoms with Crippen molar-refractivity contribution in [2.75, 3.05) is 5.73 Å². The third-order valence-electron chi connectivity index (χ3n) is 2.53. The molecule has 1 aromatic carbocycles. The van der Waals surface area contributed by atoms with Crippen LogP contribution in [0.25, 0.3) is 0 Å². The van der Waals surface area contributed by atoms with E-state index in [0.29, 0.717) is 5.69 Å². The van der Waals surface area contributed by atoms with Crippen molar-refractivity contribution in [3.05, 3.63) is 27.7 Å². The van der Waals surface area contributed by atoms with Gasteiger partial charge in [-0.25, -0.2) is 0 Å². The first-order valence-corrected chi connectivity index (χ1v) is 7.14. The van der Waals surface area contributed by atoms with E-state index in [1.807, 2.05) is 20.8 Å². The molecule has 5 nitrogen and oxygen atoms in total. The lowest BCUT2D eigenvalue weighted by molar-refractivity contribution is -0.124. The van der Waals surface area contributed by atoms with Crippen molar-refractivity contribution in [2.24, 2.45) is 0 Å². The molecule has 1 unspecified atom stereocenters. The van der Waals surface area contributed by atoms with E-state index < -0.39 is 11.9 Å². The number of hydrogen-bond acceptors (Lipinski definition) is 3. The van der Waals surface area contributed by atoms with Crippen LogP contribution in [0.4, 0.5) is 5.69 Å². The summed E-state index contributed by atoms with van der Waals surface area (Å²) in [6.45, 7) is 7.15. The predicted octanol–water partition coefficient (Wildman–Crippen LogP) is 2.61. The molecule has 7 heteroatoms. The summed E-state index contributed by atoms with van der Waals surface area (Å²) in [4.78, 5) is 24.1. The Balaban J connectivity index is 2.85. The molecule has 1 rings (SSSR count). The van der Waals surface area contributed by atoms with E-state index in [9.17, 15) is 9.59 Å². The van der Waals surface area contributed by atoms with Crippen molar-refractivity contribution in [3.8, 4) is 0 Å². The molecule has 116 valence electrons. The van der Waals surface area contributed by atoms with Crippen LogP contribution in [0.2, 0.25) is 10.0 Å². The van der Waals surface area contributed by atoms with E-state index in [1.54, 1.807) is 6.92 Å². The molecule has 0 aliphatic heterocycles. The summed E-state index contributed by atoms with van der Waals surface area (Å²) < 4.78 is 0. The van der Waals surface area contributed by atoms with Gasteiger partial charge in [-0.3, -0.25) is 9.59 Å². The molecule has 0 saturated heterocycles. The van der Waals surface area contributed by atoms with E-state index in [2.05, 4.69) is 10.6 Å². The number of nitrogen functional groups attached to an aromatic ring is 1. The maximum Gasteiger partial charge on any atom is 0.253 e. The largest absolute Gasteiger partial charge is 0.399 e. The average molecular weight is 332 g/mol. The minimum atomic E-state index is -0.715. The van der Waals surface area contributed by atoms with Gasteiger partial charge in [0.05, 0.1) is 15.6 Å². The van der Waals surface area contributed by atoms with Crippen LogP contribution < -0.4 is 16.4 Å². The first-order chi connectivity index (χ1) is 9.51. The number of rotatable bonds is 3. The minimum Gasteiger partial charge on any atom is -0.399 e. The van der Waals surface area contributed by atoms with Crippen molar-refractivity contribution < 1.29 is 9.59 Å². The number of hydrogen-bond donors (Lipinski definition) is 3. The van der Waals surface area contributed by atoms with E-state index in [0.717, 1.165) is 0 Å². The van der Waals surface area contributed by atoms with Crippen LogP contribution in [0.5, 0.6) is 0 Å². The van der Waals surface area contributed by atoms with E-state index in [-0.39, 0.29) is 27.1 Å². The molecular formula is C14H19Cl2N3O2. The number of amides is 2. The number of carbonyl (C=O) groups is 2. The Morgan fingerprint density at radius 1 is 1.24 bits per heavy atom. The lowest BCUT2D eigenvalue weighted by Crippen LogP contribution is -2.50. The molecule has 0 radical (unpaired) electrons. The number of nitrogens with two attached hydrogens (primary N) is 1. The van der Waals surface area contributed by atoms with Gasteiger partial charge >= 0.3 is 0 Å². The van der Waals surface area contributed by atoms with Crippen LogP contribution in [0, 0.1) is 0 Å². The lowest BCUT2D eigenvalue weighted by atomic mass is 10.1. The molecule has 1 atom stereocenters. The molecule has 0 bridgehead atoms. The highest BCUT2D eigenvalue weighted by Crippen LogP contribution is 2.28. The fraction of sp³-hybridized carbons (Fsp3) is 0.429. The van der Waals surface area contributed by atoms with Crippen LogP contribution in [0.3, 0.4) is 0 Å². The Morgan fingerprint density at radius 3 is 2.33 bits per heavy atom. The average Bonchev–Trinajstić information content (AvgIpc) is 2.31. The maximum atomic E-state index is 12.2. The Bertz CT molecular complexity index is 568. The van der Waals surface area contributed by atoms with Crippen molar-refractivity contribution in [1.82, 2.24) is 10.6 Å². The highest BCUT2D eigenvalue weighted by molar-refractivity contribution is 6.44. The Kier molecular flexibility index (Phi) is 5.48. The van der Waals surface area contributed by atoms with Crippen molar-refractivity contribution >= 4 is 40.7 Å². The van der Waals surface area contributed by atoms with Gasteiger partial charge in [-0.15, -0.1) is 0 Å². The Hall–Kier alpha value is -1.46. The SMILES string of the molecule is CC(NC(=O)c1cc(N)cc(Cl)c1Cl)C(=O)NC(C)(C)C. The maximum absolute atomic E-state index is 12.2. The summed E-state index contributed by atoms with van der Waals surface area (Å²) in [7, 11) is 0. The molecule has 0 aliphatic rings. The summed E-state index contributed by atoms with van der Waals surface area (Å²) in [6, 6.07) is 2.15. The first kappa shape index (κ1) is 17.6. The highest BCUT2D eigenvalue weighted by atomic mass is 35.5. The topological polar surface area (TPSA) is 84.2 Å². The molecule has 0 aromatic heterocycles. The molecule has 0 spiro atoms. The van der Waals surface area contributed by atoms with Crippen LogP contribution >= 0.6 is 23.2 Å². The summed E-state index contributed by atoms with van der Waals surface area (Å²) in [6.07, 6.45) is 0. The van der Waals surface area contributed by atoms with Gasteiger partial charge in [0.25, 0.3) is 5.91 Å². The molecule has 0 saturated carbocycles. The lowest BCUT2D eigenvalue weighted by Gasteiger charge is -2.23. The van der Waals surface area contributed by atoms with Crippen LogP contribution in [0.15, 0.2) is 12.1 Å². The van der Waals surface area contributed by atoms with Crippen molar-refractivity contribution in [3.63, 3.8) is 0 Å². The van der Waals surface area contributed by atoms with Gasteiger partial charge in [0, 0.05) is 11.2 Å². The molecule has 0 fully saturated rings. The summed E-state index contributed by atoms with van der Waals surface area (Å²) in [5, 5.41) is 5.63. The summed E-state index contributed by atoms with van der Waals surface area (Å²) in [5.41, 5.74) is 5.71. The van der Waals surface area contributed by atoms with E-state index >= 15 is 0 Å². The molecule has 1 aromatic rings. The number of halogens is 2. The zero-order valence-electron chi connectivity index (χ0n) is 12.4. The van der Waals surface area contributed by atoms with Gasteiger partial charge in [-0.05, 0) is 39.8 Å². The smallest absolute Gasteiger partial charge is 0.253 e. The zero-order valence-corrected chi connectivity index (χ0v) is 13.9. The van der Waals surface area contributed by atoms with Gasteiger partial charge in [0.2, 0.25) is 5.91 Å². The third kappa shape index (κ3) is 5.10. The zero-order chi connectivity index (χ0) is 16.4. The van der Waals surface area contributed by atoms with E-state index in [1.165, 1.54) is 12.1 Å². The molecule has 0 heterocycles. The van der Waals surface area contributed by atoms with Crippen LogP contribution in [-0.4, -0.2) is 23.4 Å². The minimum absolute atomic E-state index is 0.104. The first-order valence-electron chi connectivity index (χ1n) is 6.38. The third-order valence-corrected chi connectivity index (χ3v) is 3.34. The standard InChI is InChI=1S/C14H19Cl2N3O2/c1-7(12(20)19-14(2,3)4)18-13(21)9-5-8(17)6-10(15)11(9)16/h5-7H,17H2,1-4H3,(H,18,21)(H,19,20). The fourth-order valence-electron chi connectivity index (χ4n) is 1.59. The molecule has 2 amide bonds. The second-order valence-electron chi connectivity index (χ2n) is 5.80. The van der Waals surface area contributed by atoms with E-state index in [4.69, 9.17) is 28.9 Å². The van der Waals surface area contributed by atoms with Gasteiger partial charge in [0.15, 0.2) is 0 Å². The quantitative estimate of drug-likeness (QED) is 0.744. The molecule has 21 heavy (non-hydrogen) atoms. The van der Waals surface area contributed by atoms with Crippen LogP contribution in [0.1, 0.15) is 38.1 Å². The fourth-order valence-corrected chi connectivity index (χ4v) is 2.02. The Labute approximate surface area is 134 Å². The second kappa shape index (κ2) is 6.54. The van der Waals surface area contributed by atoms with Crippen LogP contribution in [-0.2, 0) is 4.79 Å². The van der Waals surface area contributed by atoms with Crippen molar-refractivity contribution in [1.29, 1.82) is 0 Å². The predicted molar refractivity (Wildman–Crippen MR) is 85.7 cm³/mol. The number of benzene rings is 1. The molecular weight excluding hydrogens is 313 g/mol. The number of anilines is 1. The van der Waals surface area contributed by atoms with Gasteiger partial charge in [-0.2, -0.15) is 0 Å². The Morgan fingerprint density at radius 2 is 1.81 bits per heavy atom. The summed E-state index contributed by atoms with van der Waals surface area (Å²) in [5.74, 6) is -0.798. The molecule has 4 N–H and O–H groups in total. The normalized spacial score (nSPS) is 12.7. The molecule has 0 aliphatic carbocycles.